The Morgan fingerprint density at radius 1 is 0.333 bits per heavy atom. The molecule has 0 unspecified atom stereocenters. The Bertz CT molecular complexity index is 2750. The van der Waals surface area contributed by atoms with Crippen LogP contribution in [0.15, 0.2) is 146 Å². The van der Waals surface area contributed by atoms with Crippen LogP contribution in [0, 0.1) is 6.92 Å². The molecular weight excluding hydrogens is 759 g/mol. The van der Waals surface area contributed by atoms with Gasteiger partial charge in [-0.25, -0.2) is 0 Å². The van der Waals surface area contributed by atoms with Crippen LogP contribution in [-0.2, 0) is 27.1 Å². The number of benzene rings is 7. The van der Waals surface area contributed by atoms with Crippen molar-refractivity contribution in [2.75, 3.05) is 4.90 Å². The third-order valence-corrected chi connectivity index (χ3v) is 13.6. The second-order valence-corrected chi connectivity index (χ2v) is 23.0. The average molecular weight is 828 g/mol. The highest BCUT2D eigenvalue weighted by atomic mass is 15.1. The molecule has 1 aliphatic carbocycles. The Morgan fingerprint density at radius 2 is 0.730 bits per heavy atom. The van der Waals surface area contributed by atoms with E-state index in [4.69, 9.17) is 0 Å². The summed E-state index contributed by atoms with van der Waals surface area (Å²) in [7, 11) is 0. The molecule has 0 aliphatic heterocycles. The van der Waals surface area contributed by atoms with Gasteiger partial charge < -0.3 is 4.90 Å². The lowest BCUT2D eigenvalue weighted by Crippen LogP contribution is -2.16. The van der Waals surface area contributed by atoms with Crippen molar-refractivity contribution in [3.63, 3.8) is 0 Å². The smallest absolute Gasteiger partial charge is 0.0465 e. The zero-order chi connectivity index (χ0) is 45.4. The molecule has 0 saturated carbocycles. The van der Waals surface area contributed by atoms with E-state index >= 15 is 0 Å². The lowest BCUT2D eigenvalue weighted by atomic mass is 9.78. The highest BCUT2D eigenvalue weighted by molar-refractivity contribution is 5.86. The van der Waals surface area contributed by atoms with E-state index in [9.17, 15) is 0 Å². The summed E-state index contributed by atoms with van der Waals surface area (Å²) >= 11 is 0. The zero-order valence-electron chi connectivity index (χ0n) is 40.8. The lowest BCUT2D eigenvalue weighted by Gasteiger charge is -2.29. The monoisotopic (exact) mass is 828 g/mol. The molecule has 1 heteroatoms. The van der Waals surface area contributed by atoms with Gasteiger partial charge in [-0.2, -0.15) is 0 Å². The molecule has 0 atom stereocenters. The first-order chi connectivity index (χ1) is 29.4. The van der Waals surface area contributed by atoms with Gasteiger partial charge in [0.25, 0.3) is 0 Å². The van der Waals surface area contributed by atoms with Gasteiger partial charge in [0.1, 0.15) is 0 Å². The minimum Gasteiger partial charge on any atom is -0.310 e. The Morgan fingerprint density at radius 3 is 1.21 bits per heavy atom. The molecule has 8 rings (SSSR count). The van der Waals surface area contributed by atoms with Crippen molar-refractivity contribution in [1.29, 1.82) is 0 Å². The maximum atomic E-state index is 2.43. The topological polar surface area (TPSA) is 3.24 Å². The lowest BCUT2D eigenvalue weighted by molar-refractivity contribution is 0.568. The van der Waals surface area contributed by atoms with Crippen LogP contribution >= 0.6 is 0 Å². The summed E-state index contributed by atoms with van der Waals surface area (Å²) in [6.07, 6.45) is 0. The zero-order valence-corrected chi connectivity index (χ0v) is 40.8. The molecule has 7 aromatic carbocycles. The largest absolute Gasteiger partial charge is 0.310 e. The van der Waals surface area contributed by atoms with Crippen LogP contribution in [0.5, 0.6) is 0 Å². The number of nitrogens with zero attached hydrogens (tertiary/aromatic N) is 1. The van der Waals surface area contributed by atoms with Crippen LogP contribution in [0.2, 0.25) is 0 Å². The first kappa shape index (κ1) is 44.0. The molecule has 0 saturated heterocycles. The van der Waals surface area contributed by atoms with Crippen molar-refractivity contribution >= 4 is 17.1 Å². The van der Waals surface area contributed by atoms with Crippen molar-refractivity contribution in [2.45, 2.75) is 131 Å². The van der Waals surface area contributed by atoms with Crippen molar-refractivity contribution in [1.82, 2.24) is 0 Å². The van der Waals surface area contributed by atoms with E-state index in [1.54, 1.807) is 0 Å². The van der Waals surface area contributed by atoms with Crippen molar-refractivity contribution in [3.8, 4) is 44.5 Å². The summed E-state index contributed by atoms with van der Waals surface area (Å²) in [6, 6.07) is 55.8. The second-order valence-electron chi connectivity index (χ2n) is 23.0. The van der Waals surface area contributed by atoms with E-state index < -0.39 is 0 Å². The van der Waals surface area contributed by atoms with Gasteiger partial charge in [-0.1, -0.05) is 206 Å². The number of anilines is 3. The van der Waals surface area contributed by atoms with Crippen LogP contribution in [-0.4, -0.2) is 0 Å². The molecule has 0 radical (unpaired) electrons. The van der Waals surface area contributed by atoms with Gasteiger partial charge in [-0.15, -0.1) is 0 Å². The van der Waals surface area contributed by atoms with Crippen molar-refractivity contribution in [3.05, 3.63) is 185 Å². The normalized spacial score (nSPS) is 13.8. The first-order valence-corrected chi connectivity index (χ1v) is 23.1. The van der Waals surface area contributed by atoms with E-state index in [2.05, 4.69) is 254 Å². The molecule has 1 aliphatic rings. The highest BCUT2D eigenvalue weighted by Gasteiger charge is 2.36. The molecule has 0 aromatic heterocycles. The van der Waals surface area contributed by atoms with Crippen LogP contribution in [0.3, 0.4) is 0 Å². The Labute approximate surface area is 380 Å². The second kappa shape index (κ2) is 15.5. The summed E-state index contributed by atoms with van der Waals surface area (Å²) in [5.74, 6) is 0. The van der Waals surface area contributed by atoms with Gasteiger partial charge in [0.15, 0.2) is 0 Å². The van der Waals surface area contributed by atoms with Gasteiger partial charge in [0, 0.05) is 22.5 Å². The Hall–Kier alpha value is -5.66. The Balaban J connectivity index is 1.19. The minimum absolute atomic E-state index is 0.0503. The molecule has 0 heterocycles. The predicted octanol–water partition coefficient (Wildman–Crippen LogP) is 18.0. The summed E-state index contributed by atoms with van der Waals surface area (Å²) in [4.78, 5) is 2.43. The summed E-state index contributed by atoms with van der Waals surface area (Å²) in [5, 5.41) is 0. The van der Waals surface area contributed by atoms with Gasteiger partial charge >= 0.3 is 0 Å². The molecule has 63 heavy (non-hydrogen) atoms. The fourth-order valence-electron chi connectivity index (χ4n) is 9.36. The molecule has 322 valence electrons. The highest BCUT2D eigenvalue weighted by Crippen LogP contribution is 2.51. The van der Waals surface area contributed by atoms with Crippen molar-refractivity contribution < 1.29 is 0 Å². The fourth-order valence-corrected chi connectivity index (χ4v) is 9.36. The van der Waals surface area contributed by atoms with Crippen LogP contribution in [0.1, 0.15) is 136 Å². The maximum absolute atomic E-state index is 2.43. The molecule has 0 amide bonds. The van der Waals surface area contributed by atoms with Gasteiger partial charge in [0.2, 0.25) is 0 Å². The summed E-state index contributed by atoms with van der Waals surface area (Å²) < 4.78 is 0. The van der Waals surface area contributed by atoms with Gasteiger partial charge in [-0.05, 0) is 148 Å². The van der Waals surface area contributed by atoms with E-state index in [0.717, 1.165) is 17.1 Å². The van der Waals surface area contributed by atoms with Crippen molar-refractivity contribution in [2.24, 2.45) is 0 Å². The number of hydrogen-bond donors (Lipinski definition) is 0. The van der Waals surface area contributed by atoms with E-state index in [1.165, 1.54) is 83.5 Å². The Kier molecular flexibility index (Phi) is 10.9. The van der Waals surface area contributed by atoms with Crippen LogP contribution < -0.4 is 4.90 Å². The third-order valence-electron chi connectivity index (χ3n) is 13.6. The van der Waals surface area contributed by atoms with Crippen LogP contribution in [0.25, 0.3) is 44.5 Å². The number of rotatable bonds is 6. The van der Waals surface area contributed by atoms with Crippen LogP contribution in [0.4, 0.5) is 17.1 Å². The molecule has 0 spiro atoms. The molecule has 0 fully saturated rings. The van der Waals surface area contributed by atoms with Gasteiger partial charge in [0.05, 0.1) is 0 Å². The number of aryl methyl sites for hydroxylation is 1. The third kappa shape index (κ3) is 8.57. The molecule has 0 bridgehead atoms. The van der Waals surface area contributed by atoms with Gasteiger partial charge in [-0.3, -0.25) is 0 Å². The quantitative estimate of drug-likeness (QED) is 0.161. The average Bonchev–Trinajstić information content (AvgIpc) is 3.45. The minimum atomic E-state index is -0.101. The maximum Gasteiger partial charge on any atom is 0.0465 e. The van der Waals surface area contributed by atoms with E-state index in [-0.39, 0.29) is 27.1 Å². The number of hydrogen-bond acceptors (Lipinski definition) is 1. The molecule has 7 aromatic rings. The standard InChI is InChI=1S/C62H69N/c1-40-32-43(45-35-48(60(8,9)10)38-49(36-45)61(11,12)13)24-30-53(40)42-22-27-51(28-23-42)63(52-29-31-55-54-18-16-17-19-56(54)62(14,15)57(55)39-52)50-25-20-41(21-26-50)44-33-46(58(2,3)4)37-47(34-44)59(5,6)7/h16-39H,1-15H3. The van der Waals surface area contributed by atoms with E-state index in [1.807, 2.05) is 0 Å². The number of fused-ring (bicyclic) bond motifs is 3. The molecule has 0 N–H and O–H groups in total. The first-order valence-electron chi connectivity index (χ1n) is 23.1. The molecule has 1 nitrogen and oxygen atoms in total. The van der Waals surface area contributed by atoms with E-state index in [0.29, 0.717) is 0 Å². The fraction of sp³-hybridized carbons (Fsp3) is 0.323. The predicted molar refractivity (Wildman–Crippen MR) is 275 cm³/mol. The molecular formula is C62H69N. The summed E-state index contributed by atoms with van der Waals surface area (Å²) in [5.41, 5.74) is 23.3. The summed E-state index contributed by atoms with van der Waals surface area (Å²) in [6.45, 7) is 34.7. The SMILES string of the molecule is Cc1cc(-c2cc(C(C)(C)C)cc(C(C)(C)C)c2)ccc1-c1ccc(N(c2ccc(-c3cc(C(C)(C)C)cc(C(C)(C)C)c3)cc2)c2ccc3c(c2)C(C)(C)c2ccccc2-3)cc1.